The Balaban J connectivity index is 2.39. The van der Waals surface area contributed by atoms with E-state index < -0.39 is 12.1 Å². The highest BCUT2D eigenvalue weighted by molar-refractivity contribution is 5.54. The molecule has 84 valence electrons. The van der Waals surface area contributed by atoms with Crippen molar-refractivity contribution in [1.29, 1.82) is 0 Å². The minimum absolute atomic E-state index is 0.187. The zero-order chi connectivity index (χ0) is 11.8. The first-order valence-electron chi connectivity index (χ1n) is 4.03. The standard InChI is InChI=1S/C8H4F3N3O2/c9-8(10,11)7-13-6(14-16-7)4-1-2-12-5(15)3-4/h1-3H,(H,12,15). The van der Waals surface area contributed by atoms with E-state index >= 15 is 0 Å². The van der Waals surface area contributed by atoms with Crippen LogP contribution in [0.4, 0.5) is 13.2 Å². The Hall–Kier alpha value is -2.12. The van der Waals surface area contributed by atoms with E-state index in [1.165, 1.54) is 12.3 Å². The second-order valence-corrected chi connectivity index (χ2v) is 2.82. The lowest BCUT2D eigenvalue weighted by molar-refractivity contribution is -0.159. The molecule has 16 heavy (non-hydrogen) atoms. The second-order valence-electron chi connectivity index (χ2n) is 2.82. The molecular formula is C8H4F3N3O2. The van der Waals surface area contributed by atoms with E-state index in [-0.39, 0.29) is 17.3 Å². The smallest absolute Gasteiger partial charge is 0.471 e. The zero-order valence-corrected chi connectivity index (χ0v) is 7.56. The van der Waals surface area contributed by atoms with Gasteiger partial charge in [-0.2, -0.15) is 18.2 Å². The van der Waals surface area contributed by atoms with Crippen LogP contribution >= 0.6 is 0 Å². The first-order chi connectivity index (χ1) is 7.47. The predicted molar refractivity (Wildman–Crippen MR) is 44.2 cm³/mol. The SMILES string of the molecule is Oc1cc(-c2noc(C(F)(F)F)n2)ccn1. The molecule has 2 aromatic heterocycles. The molecule has 0 radical (unpaired) electrons. The maximum Gasteiger partial charge on any atom is 0.471 e. The number of rotatable bonds is 1. The van der Waals surface area contributed by atoms with Crippen LogP contribution in [0.2, 0.25) is 0 Å². The summed E-state index contributed by atoms with van der Waals surface area (Å²) in [6.07, 6.45) is -3.46. The van der Waals surface area contributed by atoms with Crippen LogP contribution in [0.25, 0.3) is 11.4 Å². The summed E-state index contributed by atoms with van der Waals surface area (Å²) in [6, 6.07) is 2.48. The summed E-state index contributed by atoms with van der Waals surface area (Å²) in [6.45, 7) is 0. The zero-order valence-electron chi connectivity index (χ0n) is 7.56. The molecule has 0 aliphatic heterocycles. The van der Waals surface area contributed by atoms with Gasteiger partial charge in [-0.05, 0) is 6.07 Å². The van der Waals surface area contributed by atoms with Crippen LogP contribution in [0.15, 0.2) is 22.9 Å². The summed E-state index contributed by atoms with van der Waals surface area (Å²) in [5.74, 6) is -2.03. The highest BCUT2D eigenvalue weighted by atomic mass is 19.4. The summed E-state index contributed by atoms with van der Waals surface area (Å²) in [5.41, 5.74) is 0.187. The van der Waals surface area contributed by atoms with E-state index in [0.717, 1.165) is 6.07 Å². The molecule has 0 amide bonds. The second kappa shape index (κ2) is 3.47. The van der Waals surface area contributed by atoms with Crippen molar-refractivity contribution in [3.8, 4) is 17.3 Å². The Morgan fingerprint density at radius 1 is 1.31 bits per heavy atom. The first kappa shape index (κ1) is 10.4. The number of aromatic nitrogens is 3. The van der Waals surface area contributed by atoms with E-state index in [0.29, 0.717) is 0 Å². The third-order valence-corrected chi connectivity index (χ3v) is 1.67. The molecule has 1 N–H and O–H groups in total. The van der Waals surface area contributed by atoms with E-state index in [9.17, 15) is 13.2 Å². The summed E-state index contributed by atoms with van der Waals surface area (Å²) in [5, 5.41) is 12.2. The molecule has 5 nitrogen and oxygen atoms in total. The molecule has 0 bridgehead atoms. The third-order valence-electron chi connectivity index (χ3n) is 1.67. The minimum atomic E-state index is -4.68. The van der Waals surface area contributed by atoms with Crippen molar-refractivity contribution < 1.29 is 22.8 Å². The number of pyridine rings is 1. The molecule has 2 aromatic rings. The number of alkyl halides is 3. The minimum Gasteiger partial charge on any atom is -0.493 e. The van der Waals surface area contributed by atoms with Crippen LogP contribution in [-0.4, -0.2) is 20.2 Å². The maximum atomic E-state index is 12.1. The van der Waals surface area contributed by atoms with E-state index in [4.69, 9.17) is 5.11 Å². The quantitative estimate of drug-likeness (QED) is 0.810. The van der Waals surface area contributed by atoms with Crippen LogP contribution in [0.5, 0.6) is 5.88 Å². The van der Waals surface area contributed by atoms with Gasteiger partial charge >= 0.3 is 12.1 Å². The molecule has 0 aliphatic rings. The fourth-order valence-electron chi connectivity index (χ4n) is 1.01. The molecule has 0 saturated carbocycles. The van der Waals surface area contributed by atoms with Crippen LogP contribution in [-0.2, 0) is 6.18 Å². The first-order valence-corrected chi connectivity index (χ1v) is 4.03. The van der Waals surface area contributed by atoms with Crippen LogP contribution < -0.4 is 0 Å². The molecule has 0 unspecified atom stereocenters. The fraction of sp³-hybridized carbons (Fsp3) is 0.125. The van der Waals surface area contributed by atoms with Gasteiger partial charge in [0.15, 0.2) is 0 Å². The fourth-order valence-corrected chi connectivity index (χ4v) is 1.01. The van der Waals surface area contributed by atoms with Gasteiger partial charge in [0.2, 0.25) is 11.7 Å². The Morgan fingerprint density at radius 2 is 2.06 bits per heavy atom. The number of halogens is 3. The lowest BCUT2D eigenvalue weighted by Gasteiger charge is -1.96. The van der Waals surface area contributed by atoms with E-state index in [1.807, 2.05) is 0 Å². The lowest BCUT2D eigenvalue weighted by atomic mass is 10.2. The van der Waals surface area contributed by atoms with Gasteiger partial charge in [0.25, 0.3) is 0 Å². The van der Waals surface area contributed by atoms with Gasteiger partial charge < -0.3 is 9.63 Å². The highest BCUT2D eigenvalue weighted by Crippen LogP contribution is 2.29. The largest absolute Gasteiger partial charge is 0.493 e. The Kier molecular flexibility index (Phi) is 2.26. The number of hydrogen-bond donors (Lipinski definition) is 1. The molecule has 8 heteroatoms. The van der Waals surface area contributed by atoms with Gasteiger partial charge in [-0.1, -0.05) is 5.16 Å². The van der Waals surface area contributed by atoms with Crippen molar-refractivity contribution in [3.05, 3.63) is 24.2 Å². The summed E-state index contributed by atoms with van der Waals surface area (Å²) in [4.78, 5) is 6.62. The molecule has 0 aliphatic carbocycles. The van der Waals surface area contributed by atoms with Crippen molar-refractivity contribution in [2.24, 2.45) is 0 Å². The van der Waals surface area contributed by atoms with Gasteiger partial charge in [0.1, 0.15) is 0 Å². The molecule has 2 heterocycles. The van der Waals surface area contributed by atoms with Gasteiger partial charge in [0, 0.05) is 17.8 Å². The Labute approximate surface area is 86.5 Å². The molecule has 0 spiro atoms. The Bertz CT molecular complexity index is 509. The summed E-state index contributed by atoms with van der Waals surface area (Å²) >= 11 is 0. The van der Waals surface area contributed by atoms with E-state index in [2.05, 4.69) is 19.6 Å². The van der Waals surface area contributed by atoms with Crippen molar-refractivity contribution >= 4 is 0 Å². The van der Waals surface area contributed by atoms with Crippen molar-refractivity contribution in [3.63, 3.8) is 0 Å². The summed E-state index contributed by atoms with van der Waals surface area (Å²) < 4.78 is 40.4. The summed E-state index contributed by atoms with van der Waals surface area (Å²) in [7, 11) is 0. The molecular weight excluding hydrogens is 227 g/mol. The average Bonchev–Trinajstić information content (AvgIpc) is 2.65. The van der Waals surface area contributed by atoms with Gasteiger partial charge in [0.05, 0.1) is 0 Å². The molecule has 2 rings (SSSR count). The number of aromatic hydroxyl groups is 1. The average molecular weight is 231 g/mol. The number of nitrogens with zero attached hydrogens (tertiary/aromatic N) is 3. The van der Waals surface area contributed by atoms with Crippen LogP contribution in [0.1, 0.15) is 5.89 Å². The monoisotopic (exact) mass is 231 g/mol. The highest BCUT2D eigenvalue weighted by Gasteiger charge is 2.38. The van der Waals surface area contributed by atoms with Gasteiger partial charge in [-0.15, -0.1) is 0 Å². The third kappa shape index (κ3) is 1.95. The molecule has 0 atom stereocenters. The van der Waals surface area contributed by atoms with Crippen LogP contribution in [0.3, 0.4) is 0 Å². The Morgan fingerprint density at radius 3 is 2.62 bits per heavy atom. The molecule has 0 saturated heterocycles. The maximum absolute atomic E-state index is 12.1. The van der Waals surface area contributed by atoms with Gasteiger partial charge in [-0.3, -0.25) is 0 Å². The van der Waals surface area contributed by atoms with Gasteiger partial charge in [-0.25, -0.2) is 4.98 Å². The molecule has 0 fully saturated rings. The normalized spacial score (nSPS) is 11.7. The van der Waals surface area contributed by atoms with Crippen molar-refractivity contribution in [1.82, 2.24) is 15.1 Å². The predicted octanol–water partition coefficient (Wildman–Crippen LogP) is 1.86. The van der Waals surface area contributed by atoms with Crippen LogP contribution in [0, 0.1) is 0 Å². The molecule has 0 aromatic carbocycles. The topological polar surface area (TPSA) is 72.0 Å². The van der Waals surface area contributed by atoms with Crippen molar-refractivity contribution in [2.45, 2.75) is 6.18 Å². The lowest BCUT2D eigenvalue weighted by Crippen LogP contribution is -2.04. The van der Waals surface area contributed by atoms with Crippen molar-refractivity contribution in [2.75, 3.05) is 0 Å². The number of hydrogen-bond acceptors (Lipinski definition) is 5. The van der Waals surface area contributed by atoms with E-state index in [1.54, 1.807) is 0 Å².